The zero-order valence-electron chi connectivity index (χ0n) is 14.4. The number of benzene rings is 1. The van der Waals surface area contributed by atoms with Crippen molar-refractivity contribution in [3.63, 3.8) is 0 Å². The Morgan fingerprint density at radius 2 is 2.04 bits per heavy atom. The number of nitrogens with two attached hydrogens (primary N) is 1. The van der Waals surface area contributed by atoms with Gasteiger partial charge in [-0.1, -0.05) is 6.58 Å². The van der Waals surface area contributed by atoms with E-state index in [0.717, 1.165) is 18.5 Å². The molecule has 1 aliphatic carbocycles. The molecule has 0 spiro atoms. The van der Waals surface area contributed by atoms with Crippen LogP contribution in [0.5, 0.6) is 0 Å². The Labute approximate surface area is 154 Å². The van der Waals surface area contributed by atoms with Gasteiger partial charge in [-0.3, -0.25) is 10.1 Å². The second kappa shape index (κ2) is 6.52. The molecule has 1 fully saturated rings. The lowest BCUT2D eigenvalue weighted by molar-refractivity contribution is -0.383. The molecular weight excluding hydrogens is 346 g/mol. The molecule has 2 heterocycles. The lowest BCUT2D eigenvalue weighted by Gasteiger charge is -2.09. The highest BCUT2D eigenvalue weighted by molar-refractivity contribution is 5.80. The first kappa shape index (κ1) is 16.7. The zero-order valence-corrected chi connectivity index (χ0v) is 14.4. The molecule has 1 aromatic carbocycles. The van der Waals surface area contributed by atoms with Crippen molar-refractivity contribution in [3.05, 3.63) is 65.5 Å². The van der Waals surface area contributed by atoms with Crippen molar-refractivity contribution in [2.75, 3.05) is 5.73 Å². The standard InChI is InChI=1S/C18H17N7O2/c1-11(23-12-3-4-12)16-9-24(10-22-16)13-7-14(18-20-5-2-6-21-18)17(25(26)27)15(19)8-13/h2,5-10,12,23H,1,3-4,19H2. The Morgan fingerprint density at radius 3 is 2.70 bits per heavy atom. The SMILES string of the molecule is C=C(NC1CC1)c1cn(-c2cc(N)c([N+](=O)[O-])c(-c3ncccn3)c2)cn1. The molecule has 0 bridgehead atoms. The van der Waals surface area contributed by atoms with E-state index in [1.165, 1.54) is 18.5 Å². The summed E-state index contributed by atoms with van der Waals surface area (Å²) in [6, 6.07) is 5.28. The molecular formula is C18H17N7O2. The average molecular weight is 363 g/mol. The maximum Gasteiger partial charge on any atom is 0.303 e. The third kappa shape index (κ3) is 3.34. The van der Waals surface area contributed by atoms with E-state index in [-0.39, 0.29) is 22.8 Å². The van der Waals surface area contributed by atoms with Crippen LogP contribution in [0.3, 0.4) is 0 Å². The van der Waals surface area contributed by atoms with Crippen molar-refractivity contribution in [3.8, 4) is 17.1 Å². The highest BCUT2D eigenvalue weighted by atomic mass is 16.6. The van der Waals surface area contributed by atoms with Crippen LogP contribution in [0.25, 0.3) is 22.8 Å². The summed E-state index contributed by atoms with van der Waals surface area (Å²) in [6.07, 6.45) is 8.74. The van der Waals surface area contributed by atoms with Crippen LogP contribution in [0, 0.1) is 10.1 Å². The monoisotopic (exact) mass is 363 g/mol. The van der Waals surface area contributed by atoms with Gasteiger partial charge in [-0.05, 0) is 31.0 Å². The number of nitrogens with one attached hydrogen (secondary N) is 1. The van der Waals surface area contributed by atoms with Crippen LogP contribution < -0.4 is 11.1 Å². The molecule has 27 heavy (non-hydrogen) atoms. The second-order valence-corrected chi connectivity index (χ2v) is 6.32. The number of rotatable bonds is 6. The van der Waals surface area contributed by atoms with Crippen molar-refractivity contribution in [2.45, 2.75) is 18.9 Å². The first-order valence-electron chi connectivity index (χ1n) is 8.38. The fraction of sp³-hybridized carbons (Fsp3) is 0.167. The number of hydrogen-bond donors (Lipinski definition) is 2. The van der Waals surface area contributed by atoms with Crippen LogP contribution in [-0.2, 0) is 0 Å². The molecule has 4 rings (SSSR count). The van der Waals surface area contributed by atoms with Crippen LogP contribution >= 0.6 is 0 Å². The normalized spacial score (nSPS) is 13.3. The number of anilines is 1. The molecule has 1 saturated carbocycles. The largest absolute Gasteiger partial charge is 0.393 e. The highest BCUT2D eigenvalue weighted by Crippen LogP contribution is 2.35. The molecule has 0 radical (unpaired) electrons. The van der Waals surface area contributed by atoms with Crippen LogP contribution in [0.15, 0.2) is 49.7 Å². The van der Waals surface area contributed by atoms with Crippen molar-refractivity contribution in [2.24, 2.45) is 0 Å². The molecule has 1 aliphatic rings. The average Bonchev–Trinajstić information content (AvgIpc) is 3.32. The van der Waals surface area contributed by atoms with E-state index in [9.17, 15) is 10.1 Å². The first-order valence-corrected chi connectivity index (χ1v) is 8.38. The summed E-state index contributed by atoms with van der Waals surface area (Å²) >= 11 is 0. The minimum Gasteiger partial charge on any atom is -0.393 e. The topological polar surface area (TPSA) is 125 Å². The van der Waals surface area contributed by atoms with Crippen LogP contribution in [0.1, 0.15) is 18.5 Å². The number of nitrogen functional groups attached to an aromatic ring is 1. The predicted octanol–water partition coefficient (Wildman–Crippen LogP) is 2.54. The number of nitrogens with zero attached hydrogens (tertiary/aromatic N) is 5. The Morgan fingerprint density at radius 1 is 1.30 bits per heavy atom. The maximum atomic E-state index is 11.5. The van der Waals surface area contributed by atoms with Crippen molar-refractivity contribution < 1.29 is 4.92 Å². The number of nitro benzene ring substituents is 1. The molecule has 0 atom stereocenters. The van der Waals surface area contributed by atoms with Gasteiger partial charge in [-0.25, -0.2) is 15.0 Å². The molecule has 3 aromatic rings. The fourth-order valence-corrected chi connectivity index (χ4v) is 2.77. The third-order valence-electron chi connectivity index (χ3n) is 4.26. The van der Waals surface area contributed by atoms with Crippen molar-refractivity contribution in [1.29, 1.82) is 0 Å². The van der Waals surface area contributed by atoms with Gasteiger partial charge < -0.3 is 15.6 Å². The number of aromatic nitrogens is 4. The molecule has 9 heteroatoms. The molecule has 0 amide bonds. The molecule has 0 unspecified atom stereocenters. The number of nitro groups is 1. The van der Waals surface area contributed by atoms with Gasteiger partial charge in [0.2, 0.25) is 0 Å². The molecule has 2 aromatic heterocycles. The van der Waals surface area contributed by atoms with Gasteiger partial charge in [-0.15, -0.1) is 0 Å². The number of imidazole rings is 1. The summed E-state index contributed by atoms with van der Waals surface area (Å²) < 4.78 is 1.74. The van der Waals surface area contributed by atoms with Crippen LogP contribution in [-0.4, -0.2) is 30.5 Å². The van der Waals surface area contributed by atoms with E-state index in [2.05, 4.69) is 26.8 Å². The quantitative estimate of drug-likeness (QED) is 0.391. The zero-order chi connectivity index (χ0) is 19.0. The minimum absolute atomic E-state index is 0.0325. The lowest BCUT2D eigenvalue weighted by Crippen LogP contribution is -2.13. The van der Waals surface area contributed by atoms with Gasteiger partial charge in [0, 0.05) is 30.3 Å². The summed E-state index contributed by atoms with van der Waals surface area (Å²) in [5.74, 6) is 0.234. The van der Waals surface area contributed by atoms with Gasteiger partial charge in [-0.2, -0.15) is 0 Å². The van der Waals surface area contributed by atoms with Crippen molar-refractivity contribution >= 4 is 17.1 Å². The van der Waals surface area contributed by atoms with Gasteiger partial charge in [0.25, 0.3) is 0 Å². The summed E-state index contributed by atoms with van der Waals surface area (Å²) in [4.78, 5) is 23.6. The third-order valence-corrected chi connectivity index (χ3v) is 4.26. The minimum atomic E-state index is -0.522. The summed E-state index contributed by atoms with van der Waals surface area (Å²) in [5, 5.41) is 14.8. The molecule has 3 N–H and O–H groups in total. The van der Waals surface area contributed by atoms with Crippen molar-refractivity contribution in [1.82, 2.24) is 24.8 Å². The summed E-state index contributed by atoms with van der Waals surface area (Å²) in [7, 11) is 0. The second-order valence-electron chi connectivity index (χ2n) is 6.32. The fourth-order valence-electron chi connectivity index (χ4n) is 2.77. The van der Waals surface area contributed by atoms with Gasteiger partial charge in [0.15, 0.2) is 5.82 Å². The summed E-state index contributed by atoms with van der Waals surface area (Å²) in [6.45, 7) is 4.01. The van der Waals surface area contributed by atoms with E-state index >= 15 is 0 Å². The van der Waals surface area contributed by atoms with Crippen LogP contribution in [0.4, 0.5) is 11.4 Å². The Kier molecular flexibility index (Phi) is 4.03. The smallest absolute Gasteiger partial charge is 0.303 e. The summed E-state index contributed by atoms with van der Waals surface area (Å²) in [5.41, 5.74) is 8.12. The molecule has 0 saturated heterocycles. The lowest BCUT2D eigenvalue weighted by atomic mass is 10.1. The van der Waals surface area contributed by atoms with Gasteiger partial charge >= 0.3 is 5.69 Å². The molecule has 0 aliphatic heterocycles. The van der Waals surface area contributed by atoms with Crippen LogP contribution in [0.2, 0.25) is 0 Å². The van der Waals surface area contributed by atoms with Gasteiger partial charge in [0.05, 0.1) is 16.9 Å². The number of hydrogen-bond acceptors (Lipinski definition) is 7. The highest BCUT2D eigenvalue weighted by Gasteiger charge is 2.24. The van der Waals surface area contributed by atoms with E-state index in [4.69, 9.17) is 5.73 Å². The van der Waals surface area contributed by atoms with E-state index < -0.39 is 4.92 Å². The molecule has 9 nitrogen and oxygen atoms in total. The molecule has 136 valence electrons. The Hall–Kier alpha value is -3.75. The van der Waals surface area contributed by atoms with E-state index in [0.29, 0.717) is 17.4 Å². The van der Waals surface area contributed by atoms with Gasteiger partial charge in [0.1, 0.15) is 16.9 Å². The predicted molar refractivity (Wildman–Crippen MR) is 101 cm³/mol. The van der Waals surface area contributed by atoms with E-state index in [1.807, 2.05) is 0 Å². The maximum absolute atomic E-state index is 11.5. The Balaban J connectivity index is 1.75. The Bertz CT molecular complexity index is 1030. The first-order chi connectivity index (χ1) is 13.0. The van der Waals surface area contributed by atoms with E-state index in [1.54, 1.807) is 29.2 Å².